The van der Waals surface area contributed by atoms with E-state index in [2.05, 4.69) is 15.9 Å². The first-order valence-electron chi connectivity index (χ1n) is 4.96. The second-order valence-corrected chi connectivity index (χ2v) is 7.03. The van der Waals surface area contributed by atoms with Crippen molar-refractivity contribution in [2.24, 2.45) is 0 Å². The number of halogens is 3. The zero-order valence-corrected chi connectivity index (χ0v) is 12.4. The van der Waals surface area contributed by atoms with Crippen LogP contribution in [0, 0.1) is 5.82 Å². The van der Waals surface area contributed by atoms with E-state index in [0.29, 0.717) is 10.2 Å². The van der Waals surface area contributed by atoms with E-state index in [1.54, 1.807) is 0 Å². The van der Waals surface area contributed by atoms with Crippen LogP contribution < -0.4 is 4.74 Å². The van der Waals surface area contributed by atoms with Crippen molar-refractivity contribution in [2.45, 2.75) is 0 Å². The molecule has 0 aliphatic heterocycles. The lowest BCUT2D eigenvalue weighted by Crippen LogP contribution is -2.12. The van der Waals surface area contributed by atoms with Gasteiger partial charge in [-0.2, -0.15) is 0 Å². The Morgan fingerprint density at radius 3 is 2.61 bits per heavy atom. The van der Waals surface area contributed by atoms with Crippen LogP contribution in [0.4, 0.5) is 4.39 Å². The lowest BCUT2D eigenvalue weighted by atomic mass is 10.3. The number of hydrogen-bond acceptors (Lipinski definition) is 4. The van der Waals surface area contributed by atoms with Gasteiger partial charge >= 0.3 is 0 Å². The normalized spacial score (nSPS) is 11.5. The maximum atomic E-state index is 12.9. The van der Waals surface area contributed by atoms with Crippen LogP contribution in [-0.2, 0) is 13.8 Å². The summed E-state index contributed by atoms with van der Waals surface area (Å²) in [7, 11) is 1.48. The second kappa shape index (κ2) is 7.28. The fraction of sp³-hybridized carbons (Fsp3) is 0.400. The monoisotopic (exact) mass is 360 g/mol. The lowest BCUT2D eigenvalue weighted by molar-refractivity contribution is 0.111. The topological polar surface area (TPSA) is 52.6 Å². The Hall–Kier alpha value is -0.370. The van der Waals surface area contributed by atoms with Crippen molar-refractivity contribution in [1.82, 2.24) is 0 Å². The highest BCUT2D eigenvalue weighted by Crippen LogP contribution is 2.21. The molecule has 1 aromatic rings. The highest BCUT2D eigenvalue weighted by molar-refractivity contribution is 9.10. The van der Waals surface area contributed by atoms with Crippen LogP contribution >= 0.6 is 26.6 Å². The molecule has 0 atom stereocenters. The number of benzene rings is 1. The molecule has 0 saturated heterocycles. The quantitative estimate of drug-likeness (QED) is 0.553. The van der Waals surface area contributed by atoms with Crippen molar-refractivity contribution < 1.29 is 22.3 Å². The molecule has 0 aliphatic rings. The maximum absolute atomic E-state index is 12.9. The standard InChI is InChI=1S/C10H11BrClFO4S/c11-9-7-8(1-2-10(9)13)17-4-3-16-5-6-18(12,14)15/h1-2,7H,3-6H2. The molecule has 0 unspecified atom stereocenters. The van der Waals surface area contributed by atoms with Gasteiger partial charge in [-0.3, -0.25) is 0 Å². The van der Waals surface area contributed by atoms with E-state index in [4.69, 9.17) is 20.2 Å². The average Bonchev–Trinajstić information content (AvgIpc) is 2.26. The van der Waals surface area contributed by atoms with Gasteiger partial charge in [0.25, 0.3) is 0 Å². The summed E-state index contributed by atoms with van der Waals surface area (Å²) >= 11 is 3.03. The van der Waals surface area contributed by atoms with Crippen LogP contribution in [0.1, 0.15) is 0 Å². The molecule has 0 N–H and O–H groups in total. The van der Waals surface area contributed by atoms with Gasteiger partial charge in [-0.05, 0) is 34.1 Å². The number of ether oxygens (including phenoxy) is 2. The molecule has 18 heavy (non-hydrogen) atoms. The Kier molecular flexibility index (Phi) is 6.34. The zero-order chi connectivity index (χ0) is 13.6. The van der Waals surface area contributed by atoms with Gasteiger partial charge in [0.15, 0.2) is 0 Å². The van der Waals surface area contributed by atoms with Crippen molar-refractivity contribution in [3.8, 4) is 5.75 Å². The first-order valence-corrected chi connectivity index (χ1v) is 8.23. The Morgan fingerprint density at radius 2 is 2.00 bits per heavy atom. The second-order valence-electron chi connectivity index (χ2n) is 3.28. The first-order chi connectivity index (χ1) is 8.38. The fourth-order valence-corrected chi connectivity index (χ4v) is 1.91. The van der Waals surface area contributed by atoms with Gasteiger partial charge in [0.2, 0.25) is 9.05 Å². The van der Waals surface area contributed by atoms with Gasteiger partial charge in [-0.25, -0.2) is 12.8 Å². The third-order valence-electron chi connectivity index (χ3n) is 1.86. The molecule has 0 heterocycles. The van der Waals surface area contributed by atoms with Gasteiger partial charge in [0, 0.05) is 10.7 Å². The summed E-state index contributed by atoms with van der Waals surface area (Å²) in [6.45, 7) is 0.476. The predicted octanol–water partition coefficient (Wildman–Crippen LogP) is 2.55. The van der Waals surface area contributed by atoms with Crippen LogP contribution in [-0.4, -0.2) is 34.0 Å². The fourth-order valence-electron chi connectivity index (χ4n) is 1.05. The summed E-state index contributed by atoms with van der Waals surface area (Å²) in [5, 5.41) is 0. The molecular formula is C10H11BrClFO4S. The summed E-state index contributed by atoms with van der Waals surface area (Å²) < 4.78 is 44.6. The van der Waals surface area contributed by atoms with Crippen molar-refractivity contribution in [1.29, 1.82) is 0 Å². The van der Waals surface area contributed by atoms with Crippen LogP contribution in [0.2, 0.25) is 0 Å². The minimum absolute atomic E-state index is 0.0162. The summed E-state index contributed by atoms with van der Waals surface area (Å²) in [6, 6.07) is 4.27. The van der Waals surface area contributed by atoms with Crippen molar-refractivity contribution in [3.63, 3.8) is 0 Å². The largest absolute Gasteiger partial charge is 0.491 e. The van der Waals surface area contributed by atoms with Gasteiger partial charge in [-0.1, -0.05) is 0 Å². The van der Waals surface area contributed by atoms with Gasteiger partial charge in [0.1, 0.15) is 18.2 Å². The van der Waals surface area contributed by atoms with E-state index in [0.717, 1.165) is 0 Å². The summed E-state index contributed by atoms with van der Waals surface area (Å²) in [5.41, 5.74) is 0. The molecule has 0 bridgehead atoms. The van der Waals surface area contributed by atoms with E-state index < -0.39 is 9.05 Å². The molecule has 8 heteroatoms. The van der Waals surface area contributed by atoms with E-state index in [1.807, 2.05) is 0 Å². The van der Waals surface area contributed by atoms with Gasteiger partial charge < -0.3 is 9.47 Å². The highest BCUT2D eigenvalue weighted by atomic mass is 79.9. The Balaban J connectivity index is 2.20. The van der Waals surface area contributed by atoms with E-state index in [9.17, 15) is 12.8 Å². The molecule has 0 radical (unpaired) electrons. The molecule has 102 valence electrons. The summed E-state index contributed by atoms with van der Waals surface area (Å²) in [4.78, 5) is 0. The van der Waals surface area contributed by atoms with E-state index >= 15 is 0 Å². The Bertz CT molecular complexity index is 495. The number of rotatable bonds is 7. The minimum Gasteiger partial charge on any atom is -0.491 e. The molecule has 1 rings (SSSR count). The van der Waals surface area contributed by atoms with Crippen LogP contribution in [0.5, 0.6) is 5.75 Å². The predicted molar refractivity (Wildman–Crippen MR) is 70.1 cm³/mol. The lowest BCUT2D eigenvalue weighted by Gasteiger charge is -2.07. The van der Waals surface area contributed by atoms with E-state index in [1.165, 1.54) is 18.2 Å². The summed E-state index contributed by atoms with van der Waals surface area (Å²) in [6.07, 6.45) is 0. The molecule has 0 aromatic heterocycles. The van der Waals surface area contributed by atoms with Gasteiger partial charge in [-0.15, -0.1) is 0 Å². The first kappa shape index (κ1) is 15.7. The molecular weight excluding hydrogens is 351 g/mol. The van der Waals surface area contributed by atoms with Crippen molar-refractivity contribution in [2.75, 3.05) is 25.6 Å². The van der Waals surface area contributed by atoms with Crippen molar-refractivity contribution >= 4 is 35.7 Å². The Labute approximate surface area is 118 Å². The Morgan fingerprint density at radius 1 is 1.28 bits per heavy atom. The molecule has 0 fully saturated rings. The third-order valence-corrected chi connectivity index (χ3v) is 3.58. The molecule has 1 aromatic carbocycles. The van der Waals surface area contributed by atoms with Crippen LogP contribution in [0.15, 0.2) is 22.7 Å². The molecule has 0 aliphatic carbocycles. The molecule has 0 saturated carbocycles. The van der Waals surface area contributed by atoms with Crippen molar-refractivity contribution in [3.05, 3.63) is 28.5 Å². The average molecular weight is 362 g/mol. The third kappa shape index (κ3) is 6.53. The molecule has 0 amide bonds. The smallest absolute Gasteiger partial charge is 0.234 e. The van der Waals surface area contributed by atoms with Crippen LogP contribution in [0.25, 0.3) is 0 Å². The molecule has 4 nitrogen and oxygen atoms in total. The van der Waals surface area contributed by atoms with Crippen LogP contribution in [0.3, 0.4) is 0 Å². The maximum Gasteiger partial charge on any atom is 0.234 e. The van der Waals surface area contributed by atoms with E-state index in [-0.39, 0.29) is 31.4 Å². The number of hydrogen-bond donors (Lipinski definition) is 0. The zero-order valence-electron chi connectivity index (χ0n) is 9.24. The molecule has 0 spiro atoms. The summed E-state index contributed by atoms with van der Waals surface area (Å²) in [5.74, 6) is -0.112. The SMILES string of the molecule is O=S(=O)(Cl)CCOCCOc1ccc(F)c(Br)c1. The minimum atomic E-state index is -3.52. The highest BCUT2D eigenvalue weighted by Gasteiger charge is 2.04. The van der Waals surface area contributed by atoms with Gasteiger partial charge in [0.05, 0.1) is 23.4 Å².